The van der Waals surface area contributed by atoms with E-state index >= 15 is 0 Å². The quantitative estimate of drug-likeness (QED) is 0.390. The Hall–Kier alpha value is -0.420. The van der Waals surface area contributed by atoms with Crippen molar-refractivity contribution in [2.75, 3.05) is 52.7 Å². The van der Waals surface area contributed by atoms with Crippen molar-refractivity contribution in [2.45, 2.75) is 33.6 Å². The van der Waals surface area contributed by atoms with Crippen molar-refractivity contribution in [3.63, 3.8) is 0 Å². The van der Waals surface area contributed by atoms with Gasteiger partial charge >= 0.3 is 0 Å². The number of allylic oxidation sites excluding steroid dienone is 1. The average molecular weight is 273 g/mol. The van der Waals surface area contributed by atoms with E-state index in [1.165, 1.54) is 12.0 Å². The first-order valence-corrected chi connectivity index (χ1v) is 7.34. The van der Waals surface area contributed by atoms with E-state index in [0.29, 0.717) is 26.4 Å². The first-order valence-electron chi connectivity index (χ1n) is 7.34. The molecule has 4 nitrogen and oxygen atoms in total. The lowest BCUT2D eigenvalue weighted by molar-refractivity contribution is 0.0147. The number of hydrogen-bond acceptors (Lipinski definition) is 4. The smallest absolute Gasteiger partial charge is 0.0701 e. The normalized spacial score (nSPS) is 10.7. The van der Waals surface area contributed by atoms with E-state index in [2.05, 4.69) is 32.2 Å². The van der Waals surface area contributed by atoms with Crippen molar-refractivity contribution in [1.29, 1.82) is 0 Å². The molecule has 0 fully saturated rings. The molecule has 0 spiro atoms. The molecule has 0 radical (unpaired) electrons. The number of nitrogens with one attached hydrogen (secondary N) is 1. The molecule has 0 aliphatic rings. The van der Waals surface area contributed by atoms with Gasteiger partial charge in [0.15, 0.2) is 0 Å². The third kappa shape index (κ3) is 17.6. The molecule has 0 aliphatic carbocycles. The summed E-state index contributed by atoms with van der Waals surface area (Å²) in [7, 11) is 0. The fourth-order valence-electron chi connectivity index (χ4n) is 1.31. The van der Waals surface area contributed by atoms with E-state index in [1.807, 2.05) is 0 Å². The van der Waals surface area contributed by atoms with E-state index in [4.69, 9.17) is 14.2 Å². The Balaban J connectivity index is 2.97. The van der Waals surface area contributed by atoms with Gasteiger partial charge in [-0.3, -0.25) is 0 Å². The largest absolute Gasteiger partial charge is 0.379 e. The zero-order valence-corrected chi connectivity index (χ0v) is 12.9. The fraction of sp³-hybridized carbons (Fsp3) is 0.867. The van der Waals surface area contributed by atoms with Gasteiger partial charge in [-0.25, -0.2) is 0 Å². The molecule has 19 heavy (non-hydrogen) atoms. The van der Waals surface area contributed by atoms with Crippen LogP contribution in [0.3, 0.4) is 0 Å². The summed E-state index contributed by atoms with van der Waals surface area (Å²) in [5.41, 5.74) is 1.34. The van der Waals surface area contributed by atoms with E-state index < -0.39 is 0 Å². The van der Waals surface area contributed by atoms with Gasteiger partial charge < -0.3 is 19.5 Å². The van der Waals surface area contributed by atoms with Crippen LogP contribution in [0.5, 0.6) is 0 Å². The van der Waals surface area contributed by atoms with E-state index in [9.17, 15) is 0 Å². The Morgan fingerprint density at radius 2 is 1.47 bits per heavy atom. The molecule has 0 aliphatic heterocycles. The summed E-state index contributed by atoms with van der Waals surface area (Å²) in [6.45, 7) is 12.4. The summed E-state index contributed by atoms with van der Waals surface area (Å²) in [6.07, 6.45) is 4.47. The van der Waals surface area contributed by atoms with Gasteiger partial charge in [0.05, 0.1) is 33.0 Å². The van der Waals surface area contributed by atoms with Crippen LogP contribution in [0.25, 0.3) is 0 Å². The predicted molar refractivity (Wildman–Crippen MR) is 79.7 cm³/mol. The Labute approximate surface area is 118 Å². The molecule has 0 aromatic carbocycles. The van der Waals surface area contributed by atoms with Gasteiger partial charge in [0, 0.05) is 19.7 Å². The summed E-state index contributed by atoms with van der Waals surface area (Å²) in [5, 5.41) is 3.29. The van der Waals surface area contributed by atoms with Crippen molar-refractivity contribution < 1.29 is 14.2 Å². The minimum atomic E-state index is 0.644. The van der Waals surface area contributed by atoms with E-state index in [1.54, 1.807) is 0 Å². The highest BCUT2D eigenvalue weighted by molar-refractivity contribution is 4.94. The molecule has 0 rings (SSSR count). The van der Waals surface area contributed by atoms with E-state index in [-0.39, 0.29) is 0 Å². The number of unbranched alkanes of at least 4 members (excludes halogenated alkanes) is 1. The second-order valence-electron chi connectivity index (χ2n) is 4.68. The van der Waals surface area contributed by atoms with Crippen LogP contribution in [0.1, 0.15) is 33.6 Å². The minimum Gasteiger partial charge on any atom is -0.379 e. The van der Waals surface area contributed by atoms with Crippen molar-refractivity contribution in [1.82, 2.24) is 5.32 Å². The maximum absolute atomic E-state index is 5.44. The molecule has 4 heteroatoms. The van der Waals surface area contributed by atoms with Crippen LogP contribution in [0.2, 0.25) is 0 Å². The molecule has 0 saturated heterocycles. The number of ether oxygens (including phenoxy) is 3. The Kier molecular flexibility index (Phi) is 15.3. The van der Waals surface area contributed by atoms with Crippen molar-refractivity contribution >= 4 is 0 Å². The van der Waals surface area contributed by atoms with Crippen LogP contribution in [-0.2, 0) is 14.2 Å². The zero-order chi connectivity index (χ0) is 14.2. The second-order valence-corrected chi connectivity index (χ2v) is 4.68. The minimum absolute atomic E-state index is 0.644. The van der Waals surface area contributed by atoms with Crippen molar-refractivity contribution in [3.05, 3.63) is 11.6 Å². The fourth-order valence-corrected chi connectivity index (χ4v) is 1.31. The monoisotopic (exact) mass is 273 g/mol. The van der Waals surface area contributed by atoms with Gasteiger partial charge in [-0.1, -0.05) is 25.0 Å². The standard InChI is InChI=1S/C15H31NO3/c1-4-5-9-17-11-13-19-14-12-18-10-8-16-7-6-15(2)3/h6,16H,4-5,7-14H2,1-3H3. The third-order valence-electron chi connectivity index (χ3n) is 2.46. The van der Waals surface area contributed by atoms with Crippen LogP contribution >= 0.6 is 0 Å². The highest BCUT2D eigenvalue weighted by atomic mass is 16.5. The maximum Gasteiger partial charge on any atom is 0.0701 e. The summed E-state index contributed by atoms with van der Waals surface area (Å²) >= 11 is 0. The lowest BCUT2D eigenvalue weighted by atomic mass is 10.3. The van der Waals surface area contributed by atoms with Gasteiger partial charge in [0.2, 0.25) is 0 Å². The molecule has 0 atom stereocenters. The van der Waals surface area contributed by atoms with E-state index in [0.717, 1.165) is 32.7 Å². The highest BCUT2D eigenvalue weighted by Gasteiger charge is 1.91. The summed E-state index contributed by atoms with van der Waals surface area (Å²) < 4.78 is 16.2. The zero-order valence-electron chi connectivity index (χ0n) is 12.9. The maximum atomic E-state index is 5.44. The van der Waals surface area contributed by atoms with Crippen molar-refractivity contribution in [2.24, 2.45) is 0 Å². The predicted octanol–water partition coefficient (Wildman–Crippen LogP) is 2.39. The molecule has 1 N–H and O–H groups in total. The first-order chi connectivity index (χ1) is 9.27. The van der Waals surface area contributed by atoms with Crippen LogP contribution in [0.15, 0.2) is 11.6 Å². The van der Waals surface area contributed by atoms with Crippen LogP contribution in [0, 0.1) is 0 Å². The lowest BCUT2D eigenvalue weighted by Gasteiger charge is -2.07. The SMILES string of the molecule is CCCCOCCOCCOCCNCC=C(C)C. The average Bonchev–Trinajstić information content (AvgIpc) is 2.39. The summed E-state index contributed by atoms with van der Waals surface area (Å²) in [6, 6.07) is 0. The van der Waals surface area contributed by atoms with Gasteiger partial charge in [0.1, 0.15) is 0 Å². The molecular weight excluding hydrogens is 242 g/mol. The van der Waals surface area contributed by atoms with Gasteiger partial charge in [-0.05, 0) is 20.3 Å². The molecule has 0 heterocycles. The Bertz CT molecular complexity index is 204. The Morgan fingerprint density at radius 1 is 0.895 bits per heavy atom. The summed E-state index contributed by atoms with van der Waals surface area (Å²) in [5.74, 6) is 0. The molecule has 0 aromatic heterocycles. The van der Waals surface area contributed by atoms with Gasteiger partial charge in [-0.2, -0.15) is 0 Å². The van der Waals surface area contributed by atoms with Gasteiger partial charge in [-0.15, -0.1) is 0 Å². The molecule has 0 unspecified atom stereocenters. The lowest BCUT2D eigenvalue weighted by Crippen LogP contribution is -2.21. The molecule has 0 saturated carbocycles. The van der Waals surface area contributed by atoms with Crippen LogP contribution in [0.4, 0.5) is 0 Å². The second kappa shape index (κ2) is 15.6. The van der Waals surface area contributed by atoms with Crippen LogP contribution in [-0.4, -0.2) is 52.7 Å². The molecule has 0 aromatic rings. The van der Waals surface area contributed by atoms with Crippen molar-refractivity contribution in [3.8, 4) is 0 Å². The van der Waals surface area contributed by atoms with Crippen LogP contribution < -0.4 is 5.32 Å². The topological polar surface area (TPSA) is 39.7 Å². The first kappa shape index (κ1) is 18.6. The van der Waals surface area contributed by atoms with Gasteiger partial charge in [0.25, 0.3) is 0 Å². The summed E-state index contributed by atoms with van der Waals surface area (Å²) in [4.78, 5) is 0. The molecule has 0 bridgehead atoms. The highest BCUT2D eigenvalue weighted by Crippen LogP contribution is 1.88. The third-order valence-corrected chi connectivity index (χ3v) is 2.46. The molecule has 114 valence electrons. The number of hydrogen-bond donors (Lipinski definition) is 1. The molecule has 0 amide bonds. The Morgan fingerprint density at radius 3 is 2.05 bits per heavy atom. The molecular formula is C15H31NO3. The number of rotatable bonds is 14.